The minimum atomic E-state index is -0.792. The molecule has 38 heavy (non-hydrogen) atoms. The van der Waals surface area contributed by atoms with Crippen LogP contribution in [-0.4, -0.2) is 47.1 Å². The van der Waals surface area contributed by atoms with E-state index in [4.69, 9.17) is 15.9 Å². The molecule has 204 valence electrons. The first kappa shape index (κ1) is 28.9. The number of nitrogen functional groups attached to an aromatic ring is 1. The lowest BCUT2D eigenvalue weighted by molar-refractivity contribution is -0.146. The van der Waals surface area contributed by atoms with Crippen LogP contribution in [0.5, 0.6) is 0 Å². The number of amidine groups is 1. The van der Waals surface area contributed by atoms with Crippen LogP contribution in [-0.2, 0) is 20.9 Å². The molecule has 0 aromatic heterocycles. The van der Waals surface area contributed by atoms with E-state index < -0.39 is 11.5 Å². The minimum Gasteiger partial charge on any atom is -0.461 e. The summed E-state index contributed by atoms with van der Waals surface area (Å²) in [4.78, 5) is 40.9. The van der Waals surface area contributed by atoms with Gasteiger partial charge in [-0.2, -0.15) is 0 Å². The molecule has 0 bridgehead atoms. The maximum atomic E-state index is 13.7. The van der Waals surface area contributed by atoms with Crippen LogP contribution in [0.4, 0.5) is 0 Å². The fourth-order valence-electron chi connectivity index (χ4n) is 5.26. The van der Waals surface area contributed by atoms with E-state index in [9.17, 15) is 14.4 Å². The van der Waals surface area contributed by atoms with Crippen molar-refractivity contribution in [3.8, 4) is 0 Å². The minimum absolute atomic E-state index is 0.00331. The lowest BCUT2D eigenvalue weighted by Crippen LogP contribution is -2.57. The Morgan fingerprint density at radius 1 is 1.03 bits per heavy atom. The number of hydrogen-bond acceptors (Lipinski definition) is 5. The van der Waals surface area contributed by atoms with Gasteiger partial charge in [-0.15, -0.1) is 0 Å². The van der Waals surface area contributed by atoms with E-state index in [1.54, 1.807) is 24.3 Å². The fraction of sp³-hybridized carbons (Fsp3) is 0.467. The van der Waals surface area contributed by atoms with Crippen LogP contribution in [0.3, 0.4) is 0 Å². The van der Waals surface area contributed by atoms with Gasteiger partial charge in [0.15, 0.2) is 0 Å². The molecule has 0 radical (unpaired) electrons. The van der Waals surface area contributed by atoms with Crippen LogP contribution >= 0.6 is 0 Å². The molecule has 2 aromatic rings. The number of carbonyl (C=O) groups is 3. The lowest BCUT2D eigenvalue weighted by atomic mass is 9.77. The highest BCUT2D eigenvalue weighted by Crippen LogP contribution is 2.30. The number of nitrogens with one attached hydrogen (secondary N) is 2. The van der Waals surface area contributed by atoms with Gasteiger partial charge in [-0.1, -0.05) is 56.3 Å². The van der Waals surface area contributed by atoms with Gasteiger partial charge in [0.25, 0.3) is 5.91 Å². The number of nitrogens with two attached hydrogens (primary N) is 1. The van der Waals surface area contributed by atoms with E-state index in [1.165, 1.54) is 0 Å². The van der Waals surface area contributed by atoms with Crippen LogP contribution in [0.2, 0.25) is 0 Å². The first-order chi connectivity index (χ1) is 18.0. The van der Waals surface area contributed by atoms with Crippen molar-refractivity contribution in [3.63, 3.8) is 0 Å². The van der Waals surface area contributed by atoms with E-state index in [0.717, 1.165) is 18.4 Å². The zero-order chi connectivity index (χ0) is 27.9. The Balaban J connectivity index is 1.55. The molecule has 0 aliphatic carbocycles. The second-order valence-electron chi connectivity index (χ2n) is 11.0. The van der Waals surface area contributed by atoms with Crippen LogP contribution in [0.25, 0.3) is 0 Å². The molecule has 8 heteroatoms. The summed E-state index contributed by atoms with van der Waals surface area (Å²) in [6.45, 7) is 9.18. The van der Waals surface area contributed by atoms with Crippen molar-refractivity contribution in [1.29, 1.82) is 5.41 Å². The summed E-state index contributed by atoms with van der Waals surface area (Å²) >= 11 is 0. The molecule has 2 amide bonds. The van der Waals surface area contributed by atoms with E-state index in [0.29, 0.717) is 30.6 Å². The SMILES string of the molecule is CC(C)C(C(=O)N1CCC(CC(=O)OCc2ccccc2)CC1)C(C)(C)NC(=O)c1ccc(C(=N)N)cc1. The molecule has 1 aliphatic rings. The van der Waals surface area contributed by atoms with Crippen LogP contribution in [0.1, 0.15) is 68.4 Å². The topological polar surface area (TPSA) is 126 Å². The molecule has 1 unspecified atom stereocenters. The van der Waals surface area contributed by atoms with Gasteiger partial charge in [0.2, 0.25) is 5.91 Å². The summed E-state index contributed by atoms with van der Waals surface area (Å²) in [5.74, 6) is -0.766. The molecular weight excluding hydrogens is 480 g/mol. The smallest absolute Gasteiger partial charge is 0.306 e. The molecule has 0 saturated carbocycles. The van der Waals surface area contributed by atoms with Crippen molar-refractivity contribution >= 4 is 23.6 Å². The van der Waals surface area contributed by atoms with Crippen molar-refractivity contribution in [1.82, 2.24) is 10.2 Å². The quantitative estimate of drug-likeness (QED) is 0.247. The first-order valence-corrected chi connectivity index (χ1v) is 13.2. The summed E-state index contributed by atoms with van der Waals surface area (Å²) in [6, 6.07) is 16.1. The number of nitrogens with zero attached hydrogens (tertiary/aromatic N) is 1. The maximum Gasteiger partial charge on any atom is 0.306 e. The second-order valence-corrected chi connectivity index (χ2v) is 11.0. The molecule has 1 heterocycles. The molecule has 3 rings (SSSR count). The Bertz CT molecular complexity index is 1120. The number of piperidine rings is 1. The van der Waals surface area contributed by atoms with Crippen LogP contribution in [0, 0.1) is 23.2 Å². The van der Waals surface area contributed by atoms with E-state index in [1.807, 2.05) is 62.9 Å². The number of esters is 1. The normalized spacial score (nSPS) is 15.1. The molecule has 1 fully saturated rings. The number of carbonyl (C=O) groups excluding carboxylic acids is 3. The van der Waals surface area contributed by atoms with Gasteiger partial charge in [-0.05, 0) is 56.2 Å². The van der Waals surface area contributed by atoms with Crippen LogP contribution < -0.4 is 11.1 Å². The fourth-order valence-corrected chi connectivity index (χ4v) is 5.26. The summed E-state index contributed by atoms with van der Waals surface area (Å²) < 4.78 is 5.43. The van der Waals surface area contributed by atoms with Gasteiger partial charge in [0.05, 0.1) is 5.92 Å². The van der Waals surface area contributed by atoms with Gasteiger partial charge in [-0.3, -0.25) is 19.8 Å². The molecule has 0 spiro atoms. The molecule has 1 saturated heterocycles. The third-order valence-electron chi connectivity index (χ3n) is 7.23. The second kappa shape index (κ2) is 12.7. The van der Waals surface area contributed by atoms with E-state index >= 15 is 0 Å². The molecule has 8 nitrogen and oxygen atoms in total. The van der Waals surface area contributed by atoms with Gasteiger partial charge >= 0.3 is 5.97 Å². The molecule has 2 aromatic carbocycles. The zero-order valence-corrected chi connectivity index (χ0v) is 22.8. The molecule has 4 N–H and O–H groups in total. The van der Waals surface area contributed by atoms with Crippen molar-refractivity contribution in [3.05, 3.63) is 71.3 Å². The summed E-state index contributed by atoms with van der Waals surface area (Å²) in [6.07, 6.45) is 1.84. The Morgan fingerprint density at radius 3 is 2.16 bits per heavy atom. The monoisotopic (exact) mass is 520 g/mol. The number of hydrogen-bond donors (Lipinski definition) is 3. The van der Waals surface area contributed by atoms with Gasteiger partial charge in [0, 0.05) is 36.2 Å². The number of benzene rings is 2. The Labute approximate surface area is 225 Å². The third-order valence-corrected chi connectivity index (χ3v) is 7.23. The number of likely N-dealkylation sites (tertiary alicyclic amines) is 1. The Hall–Kier alpha value is -3.68. The lowest BCUT2D eigenvalue weighted by Gasteiger charge is -2.41. The van der Waals surface area contributed by atoms with Crippen molar-refractivity contribution < 1.29 is 19.1 Å². The number of ether oxygens (including phenoxy) is 1. The van der Waals surface area contributed by atoms with E-state index in [-0.39, 0.29) is 42.1 Å². The van der Waals surface area contributed by atoms with Gasteiger partial charge < -0.3 is 20.7 Å². The zero-order valence-electron chi connectivity index (χ0n) is 22.8. The highest BCUT2D eigenvalue weighted by molar-refractivity contribution is 5.98. The van der Waals surface area contributed by atoms with Crippen molar-refractivity contribution in [2.45, 2.75) is 59.1 Å². The molecule has 1 aliphatic heterocycles. The molecule has 1 atom stereocenters. The highest BCUT2D eigenvalue weighted by Gasteiger charge is 2.41. The summed E-state index contributed by atoms with van der Waals surface area (Å²) in [5, 5.41) is 10.6. The first-order valence-electron chi connectivity index (χ1n) is 13.2. The summed E-state index contributed by atoms with van der Waals surface area (Å²) in [7, 11) is 0. The standard InChI is InChI=1S/C30H40N4O4/c1-20(2)26(30(3,4)33-28(36)24-12-10-23(11-13-24)27(31)32)29(37)34-16-14-21(15-17-34)18-25(35)38-19-22-8-6-5-7-9-22/h5-13,20-21,26H,14-19H2,1-4H3,(H3,31,32)(H,33,36). The van der Waals surface area contributed by atoms with E-state index in [2.05, 4.69) is 5.32 Å². The predicted octanol–water partition coefficient (Wildman–Crippen LogP) is 4.12. The Kier molecular flexibility index (Phi) is 9.66. The number of rotatable bonds is 10. The molecular formula is C30H40N4O4. The number of amides is 2. The largest absolute Gasteiger partial charge is 0.461 e. The van der Waals surface area contributed by atoms with Crippen molar-refractivity contribution in [2.75, 3.05) is 13.1 Å². The van der Waals surface area contributed by atoms with Crippen LogP contribution in [0.15, 0.2) is 54.6 Å². The average Bonchev–Trinajstić information content (AvgIpc) is 2.88. The highest BCUT2D eigenvalue weighted by atomic mass is 16.5. The van der Waals surface area contributed by atoms with Gasteiger partial charge in [0.1, 0.15) is 12.4 Å². The summed E-state index contributed by atoms with van der Waals surface area (Å²) in [5.41, 5.74) is 6.66. The average molecular weight is 521 g/mol. The Morgan fingerprint density at radius 2 is 1.61 bits per heavy atom. The van der Waals surface area contributed by atoms with Gasteiger partial charge in [-0.25, -0.2) is 0 Å². The van der Waals surface area contributed by atoms with Crippen molar-refractivity contribution in [2.24, 2.45) is 23.5 Å². The predicted molar refractivity (Wildman–Crippen MR) is 147 cm³/mol. The maximum absolute atomic E-state index is 13.7. The third kappa shape index (κ3) is 7.66.